The summed E-state index contributed by atoms with van der Waals surface area (Å²) in [4.78, 5) is 2.51. The molecule has 0 bridgehead atoms. The number of rotatable bonds is 6. The number of aliphatic hydroxyl groups excluding tert-OH is 1. The molecule has 0 saturated carbocycles. The number of aliphatic hydroxyl groups is 1. The molecule has 1 aromatic heterocycles. The van der Waals surface area contributed by atoms with Gasteiger partial charge < -0.3 is 5.11 Å². The summed E-state index contributed by atoms with van der Waals surface area (Å²) in [6, 6.07) is 8.44. The van der Waals surface area contributed by atoms with Crippen LogP contribution >= 0.6 is 11.6 Å². The van der Waals surface area contributed by atoms with Crippen LogP contribution in [0, 0.1) is 0 Å². The average Bonchev–Trinajstić information content (AvgIpc) is 3.15. The lowest BCUT2D eigenvalue weighted by Gasteiger charge is -2.24. The van der Waals surface area contributed by atoms with E-state index in [0.717, 1.165) is 42.2 Å². The molecule has 2 aromatic rings. The Balaban J connectivity index is 1.75. The Bertz CT molecular complexity index is 613. The van der Waals surface area contributed by atoms with Crippen molar-refractivity contribution in [3.05, 3.63) is 41.0 Å². The lowest BCUT2D eigenvalue weighted by atomic mass is 10.1. The maximum absolute atomic E-state index is 9.04. The van der Waals surface area contributed by atoms with Crippen molar-refractivity contribution in [2.24, 2.45) is 0 Å². The Morgan fingerprint density at radius 2 is 2.32 bits per heavy atom. The van der Waals surface area contributed by atoms with Crippen molar-refractivity contribution in [3.8, 4) is 11.3 Å². The van der Waals surface area contributed by atoms with Crippen molar-refractivity contribution in [3.63, 3.8) is 0 Å². The summed E-state index contributed by atoms with van der Waals surface area (Å²) in [5, 5.41) is 17.1. The van der Waals surface area contributed by atoms with Crippen LogP contribution in [0.2, 0.25) is 5.02 Å². The standard InChI is InChI=1S/C17H22ClN3O/c18-15-5-1-4-13(10-15)17-14(11-19-20-17)12-21-8-2-6-16(21)7-3-9-22/h1,4-5,10-11,16,22H,2-3,6-9,12H2,(H,19,20). The molecule has 0 aliphatic carbocycles. The second-order valence-corrected chi connectivity index (χ2v) is 6.35. The van der Waals surface area contributed by atoms with E-state index in [1.165, 1.54) is 18.4 Å². The maximum atomic E-state index is 9.04. The molecule has 3 rings (SSSR count). The summed E-state index contributed by atoms with van der Waals surface area (Å²) < 4.78 is 0. The van der Waals surface area contributed by atoms with Crippen molar-refractivity contribution < 1.29 is 5.11 Å². The molecular formula is C17H22ClN3O. The van der Waals surface area contributed by atoms with Gasteiger partial charge in [-0.1, -0.05) is 23.7 Å². The normalized spacial score (nSPS) is 18.9. The minimum absolute atomic E-state index is 0.282. The highest BCUT2D eigenvalue weighted by Crippen LogP contribution is 2.28. The maximum Gasteiger partial charge on any atom is 0.0695 e. The molecule has 1 aromatic carbocycles. The van der Waals surface area contributed by atoms with Crippen LogP contribution in [0.4, 0.5) is 0 Å². The molecule has 1 unspecified atom stereocenters. The number of halogens is 1. The van der Waals surface area contributed by atoms with Gasteiger partial charge in [0.2, 0.25) is 0 Å². The molecular weight excluding hydrogens is 298 g/mol. The van der Waals surface area contributed by atoms with Crippen molar-refractivity contribution in [2.45, 2.75) is 38.3 Å². The molecule has 5 heteroatoms. The summed E-state index contributed by atoms with van der Waals surface area (Å²) in [6.45, 7) is 2.30. The molecule has 0 radical (unpaired) electrons. The molecule has 1 aliphatic heterocycles. The first kappa shape index (κ1) is 15.5. The van der Waals surface area contributed by atoms with Crippen LogP contribution in [0.3, 0.4) is 0 Å². The van der Waals surface area contributed by atoms with Crippen LogP contribution in [0.15, 0.2) is 30.5 Å². The summed E-state index contributed by atoms with van der Waals surface area (Å²) in [5.41, 5.74) is 3.33. The van der Waals surface area contributed by atoms with Gasteiger partial charge in [0.15, 0.2) is 0 Å². The number of H-pyrrole nitrogens is 1. The number of aromatic amines is 1. The first-order valence-electron chi connectivity index (χ1n) is 7.91. The topological polar surface area (TPSA) is 52.1 Å². The lowest BCUT2D eigenvalue weighted by molar-refractivity contribution is 0.210. The molecule has 1 fully saturated rings. The van der Waals surface area contributed by atoms with Crippen molar-refractivity contribution in [2.75, 3.05) is 13.2 Å². The molecule has 0 amide bonds. The van der Waals surface area contributed by atoms with Crippen LogP contribution < -0.4 is 0 Å². The smallest absolute Gasteiger partial charge is 0.0695 e. The SMILES string of the molecule is OCCCC1CCCN1Cc1cn[nH]c1-c1cccc(Cl)c1. The Kier molecular flexibility index (Phi) is 5.13. The molecule has 0 spiro atoms. The van der Waals surface area contributed by atoms with E-state index in [4.69, 9.17) is 16.7 Å². The second-order valence-electron chi connectivity index (χ2n) is 5.91. The number of nitrogens with zero attached hydrogens (tertiary/aromatic N) is 2. The van der Waals surface area contributed by atoms with Crippen LogP contribution in [0.5, 0.6) is 0 Å². The van der Waals surface area contributed by atoms with Gasteiger partial charge in [-0.25, -0.2) is 0 Å². The summed E-state index contributed by atoms with van der Waals surface area (Å²) in [5.74, 6) is 0. The first-order valence-corrected chi connectivity index (χ1v) is 8.29. The van der Waals surface area contributed by atoms with Crippen molar-refractivity contribution in [1.82, 2.24) is 15.1 Å². The Morgan fingerprint density at radius 1 is 1.41 bits per heavy atom. The Hall–Kier alpha value is -1.36. The number of likely N-dealkylation sites (tertiary alicyclic amines) is 1. The zero-order valence-corrected chi connectivity index (χ0v) is 13.4. The highest BCUT2D eigenvalue weighted by molar-refractivity contribution is 6.30. The van der Waals surface area contributed by atoms with Gasteiger partial charge in [0.05, 0.1) is 11.9 Å². The largest absolute Gasteiger partial charge is 0.396 e. The fourth-order valence-corrected chi connectivity index (χ4v) is 3.49. The monoisotopic (exact) mass is 319 g/mol. The van der Waals surface area contributed by atoms with Gasteiger partial charge in [0, 0.05) is 35.3 Å². The van der Waals surface area contributed by atoms with Gasteiger partial charge in [-0.15, -0.1) is 0 Å². The predicted molar refractivity (Wildman–Crippen MR) is 88.8 cm³/mol. The van der Waals surface area contributed by atoms with Crippen LogP contribution in [0.1, 0.15) is 31.2 Å². The van der Waals surface area contributed by atoms with E-state index in [9.17, 15) is 0 Å². The zero-order valence-electron chi connectivity index (χ0n) is 12.6. The predicted octanol–water partition coefficient (Wildman–Crippen LogP) is 3.47. The van der Waals surface area contributed by atoms with E-state index in [-0.39, 0.29) is 6.61 Å². The van der Waals surface area contributed by atoms with E-state index >= 15 is 0 Å². The molecule has 22 heavy (non-hydrogen) atoms. The van der Waals surface area contributed by atoms with Crippen LogP contribution in [-0.4, -0.2) is 39.4 Å². The van der Waals surface area contributed by atoms with Gasteiger partial charge in [0.25, 0.3) is 0 Å². The fourth-order valence-electron chi connectivity index (χ4n) is 3.30. The molecule has 118 valence electrons. The van der Waals surface area contributed by atoms with Crippen molar-refractivity contribution >= 4 is 11.6 Å². The minimum atomic E-state index is 0.282. The summed E-state index contributed by atoms with van der Waals surface area (Å²) in [6.07, 6.45) is 6.33. The van der Waals surface area contributed by atoms with E-state index in [1.807, 2.05) is 24.4 Å². The van der Waals surface area contributed by atoms with Gasteiger partial charge in [-0.05, 0) is 44.4 Å². The zero-order chi connectivity index (χ0) is 15.4. The number of benzene rings is 1. The third-order valence-corrected chi connectivity index (χ3v) is 4.63. The number of hydrogen-bond donors (Lipinski definition) is 2. The van der Waals surface area contributed by atoms with E-state index < -0.39 is 0 Å². The Labute approximate surface area is 136 Å². The summed E-state index contributed by atoms with van der Waals surface area (Å²) in [7, 11) is 0. The van der Waals surface area contributed by atoms with E-state index in [2.05, 4.69) is 21.2 Å². The molecule has 1 aliphatic rings. The number of aromatic nitrogens is 2. The highest BCUT2D eigenvalue weighted by Gasteiger charge is 2.25. The van der Waals surface area contributed by atoms with Crippen molar-refractivity contribution in [1.29, 1.82) is 0 Å². The van der Waals surface area contributed by atoms with E-state index in [0.29, 0.717) is 6.04 Å². The Morgan fingerprint density at radius 3 is 3.14 bits per heavy atom. The molecule has 1 atom stereocenters. The fraction of sp³-hybridized carbons (Fsp3) is 0.471. The number of hydrogen-bond acceptors (Lipinski definition) is 3. The second kappa shape index (κ2) is 7.27. The van der Waals surface area contributed by atoms with Crippen LogP contribution in [0.25, 0.3) is 11.3 Å². The molecule has 1 saturated heterocycles. The average molecular weight is 320 g/mol. The van der Waals surface area contributed by atoms with Gasteiger partial charge in [0.1, 0.15) is 0 Å². The van der Waals surface area contributed by atoms with Gasteiger partial charge in [-0.2, -0.15) is 5.10 Å². The van der Waals surface area contributed by atoms with Crippen LogP contribution in [-0.2, 0) is 6.54 Å². The molecule has 4 nitrogen and oxygen atoms in total. The number of nitrogens with one attached hydrogen (secondary N) is 1. The lowest BCUT2D eigenvalue weighted by Crippen LogP contribution is -2.29. The molecule has 2 heterocycles. The summed E-state index contributed by atoms with van der Waals surface area (Å²) >= 11 is 6.10. The third kappa shape index (κ3) is 3.51. The third-order valence-electron chi connectivity index (χ3n) is 4.40. The first-order chi connectivity index (χ1) is 10.8. The van der Waals surface area contributed by atoms with Gasteiger partial charge >= 0.3 is 0 Å². The van der Waals surface area contributed by atoms with E-state index in [1.54, 1.807) is 0 Å². The molecule has 2 N–H and O–H groups in total. The van der Waals surface area contributed by atoms with Gasteiger partial charge in [-0.3, -0.25) is 10.00 Å². The quantitative estimate of drug-likeness (QED) is 0.857. The highest BCUT2D eigenvalue weighted by atomic mass is 35.5. The minimum Gasteiger partial charge on any atom is -0.396 e.